The fourth-order valence-corrected chi connectivity index (χ4v) is 2.57. The van der Waals surface area contributed by atoms with Crippen molar-refractivity contribution in [3.8, 4) is 0 Å². The molecule has 17 heavy (non-hydrogen) atoms. The number of rotatable bonds is 5. The van der Waals surface area contributed by atoms with Crippen LogP contribution in [-0.2, 0) is 9.84 Å². The molecular formula is C12H15BrO3S. The summed E-state index contributed by atoms with van der Waals surface area (Å²) in [5, 5.41) is 0. The minimum absolute atomic E-state index is 0.00699. The lowest BCUT2D eigenvalue weighted by Gasteiger charge is -2.06. The van der Waals surface area contributed by atoms with Crippen LogP contribution in [0.4, 0.5) is 0 Å². The maximum atomic E-state index is 11.9. The third-order valence-electron chi connectivity index (χ3n) is 2.49. The number of carbonyl (C=O) groups excluding carboxylic acids is 1. The Morgan fingerprint density at radius 2 is 2.00 bits per heavy atom. The Bertz CT molecular complexity index is 521. The Balaban J connectivity index is 2.68. The molecule has 3 nitrogen and oxygen atoms in total. The van der Waals surface area contributed by atoms with Crippen LogP contribution in [0.5, 0.6) is 0 Å². The number of hydrogen-bond donors (Lipinski definition) is 0. The minimum Gasteiger partial charge on any atom is -0.294 e. The molecule has 5 heteroatoms. The lowest BCUT2D eigenvalue weighted by Crippen LogP contribution is -2.07. The summed E-state index contributed by atoms with van der Waals surface area (Å²) in [4.78, 5) is 11.9. The molecule has 0 saturated heterocycles. The fraction of sp³-hybridized carbons (Fsp3) is 0.417. The first-order valence-electron chi connectivity index (χ1n) is 5.27. The van der Waals surface area contributed by atoms with Gasteiger partial charge in [0.25, 0.3) is 0 Å². The van der Waals surface area contributed by atoms with Crippen molar-refractivity contribution in [1.82, 2.24) is 0 Å². The van der Waals surface area contributed by atoms with Gasteiger partial charge in [-0.15, -0.1) is 0 Å². The molecule has 0 aliphatic rings. The molecule has 0 bridgehead atoms. The minimum atomic E-state index is -2.98. The molecule has 0 unspecified atom stereocenters. The van der Waals surface area contributed by atoms with Crippen molar-refractivity contribution in [2.45, 2.75) is 19.8 Å². The number of sulfone groups is 1. The second kappa shape index (κ2) is 5.78. The number of hydrogen-bond acceptors (Lipinski definition) is 3. The normalized spacial score (nSPS) is 11.5. The number of halogens is 1. The molecule has 0 saturated carbocycles. The molecule has 0 radical (unpaired) electrons. The van der Waals surface area contributed by atoms with E-state index in [-0.39, 0.29) is 18.0 Å². The highest BCUT2D eigenvalue weighted by atomic mass is 79.9. The third kappa shape index (κ3) is 4.60. The summed E-state index contributed by atoms with van der Waals surface area (Å²) in [6.45, 7) is 1.87. The highest BCUT2D eigenvalue weighted by molar-refractivity contribution is 9.10. The number of benzene rings is 1. The van der Waals surface area contributed by atoms with Crippen LogP contribution in [0.1, 0.15) is 28.8 Å². The molecule has 1 rings (SSSR count). The second-order valence-corrected chi connectivity index (χ2v) is 7.18. The van der Waals surface area contributed by atoms with E-state index in [1.807, 2.05) is 13.0 Å². The van der Waals surface area contributed by atoms with Crippen molar-refractivity contribution < 1.29 is 13.2 Å². The van der Waals surface area contributed by atoms with Gasteiger partial charge in [0.1, 0.15) is 9.84 Å². The Labute approximate surface area is 110 Å². The molecule has 0 spiro atoms. The van der Waals surface area contributed by atoms with Crippen molar-refractivity contribution in [2.24, 2.45) is 0 Å². The Kier molecular flexibility index (Phi) is 4.89. The molecule has 0 N–H and O–H groups in total. The van der Waals surface area contributed by atoms with Gasteiger partial charge in [0.2, 0.25) is 0 Å². The molecule has 0 atom stereocenters. The summed E-state index contributed by atoms with van der Waals surface area (Å²) in [7, 11) is -2.98. The lowest BCUT2D eigenvalue weighted by atomic mass is 10.0. The van der Waals surface area contributed by atoms with Gasteiger partial charge >= 0.3 is 0 Å². The first-order valence-corrected chi connectivity index (χ1v) is 8.12. The fourth-order valence-electron chi connectivity index (χ4n) is 1.54. The smallest absolute Gasteiger partial charge is 0.163 e. The summed E-state index contributed by atoms with van der Waals surface area (Å²) >= 11 is 3.37. The van der Waals surface area contributed by atoms with Gasteiger partial charge < -0.3 is 0 Å². The molecule has 0 aliphatic heterocycles. The highest BCUT2D eigenvalue weighted by Crippen LogP contribution is 2.20. The molecule has 0 aromatic heterocycles. The van der Waals surface area contributed by atoms with Crippen LogP contribution in [0.25, 0.3) is 0 Å². The Hall–Kier alpha value is -0.680. The zero-order valence-electron chi connectivity index (χ0n) is 9.86. The third-order valence-corrected chi connectivity index (χ3v) is 4.38. The first kappa shape index (κ1) is 14.4. The standard InChI is InChI=1S/C12H15BrO3S/c1-9-10(5-3-6-11(9)13)12(14)7-4-8-17(2,15)16/h3,5-6H,4,7-8H2,1-2H3. The monoisotopic (exact) mass is 318 g/mol. The topological polar surface area (TPSA) is 51.2 Å². The van der Waals surface area contributed by atoms with Crippen LogP contribution in [0, 0.1) is 6.92 Å². The van der Waals surface area contributed by atoms with E-state index in [0.717, 1.165) is 10.0 Å². The van der Waals surface area contributed by atoms with Gasteiger partial charge in [-0.1, -0.05) is 28.1 Å². The van der Waals surface area contributed by atoms with E-state index in [9.17, 15) is 13.2 Å². The molecule has 0 heterocycles. The summed E-state index contributed by atoms with van der Waals surface area (Å²) in [5.41, 5.74) is 1.56. The van der Waals surface area contributed by atoms with E-state index in [1.165, 1.54) is 6.26 Å². The Morgan fingerprint density at radius 1 is 1.35 bits per heavy atom. The van der Waals surface area contributed by atoms with E-state index < -0.39 is 9.84 Å². The van der Waals surface area contributed by atoms with Gasteiger partial charge in [0, 0.05) is 22.7 Å². The van der Waals surface area contributed by atoms with Crippen LogP contribution >= 0.6 is 15.9 Å². The van der Waals surface area contributed by atoms with Crippen LogP contribution in [0.2, 0.25) is 0 Å². The second-order valence-electron chi connectivity index (χ2n) is 4.07. The first-order chi connectivity index (χ1) is 7.81. The van der Waals surface area contributed by atoms with Crippen molar-refractivity contribution in [2.75, 3.05) is 12.0 Å². The van der Waals surface area contributed by atoms with E-state index in [4.69, 9.17) is 0 Å². The van der Waals surface area contributed by atoms with E-state index in [2.05, 4.69) is 15.9 Å². The molecule has 94 valence electrons. The quantitative estimate of drug-likeness (QED) is 0.784. The number of carbonyl (C=O) groups is 1. The maximum Gasteiger partial charge on any atom is 0.163 e. The summed E-state index contributed by atoms with van der Waals surface area (Å²) in [6.07, 6.45) is 1.83. The SMILES string of the molecule is Cc1c(Br)cccc1C(=O)CCCS(C)(=O)=O. The van der Waals surface area contributed by atoms with Crippen molar-refractivity contribution in [1.29, 1.82) is 0 Å². The summed E-state index contributed by atoms with van der Waals surface area (Å²) in [5.74, 6) is 0.0543. The largest absolute Gasteiger partial charge is 0.294 e. The maximum absolute atomic E-state index is 11.9. The predicted octanol–water partition coefficient (Wildman–Crippen LogP) is 2.77. The van der Waals surface area contributed by atoms with Crippen LogP contribution in [0.3, 0.4) is 0 Å². The molecule has 0 amide bonds. The summed E-state index contributed by atoms with van der Waals surface area (Å²) in [6, 6.07) is 5.45. The van der Waals surface area contributed by atoms with Crippen molar-refractivity contribution >= 4 is 31.6 Å². The van der Waals surface area contributed by atoms with Gasteiger partial charge in [0.15, 0.2) is 5.78 Å². The average molecular weight is 319 g/mol. The molecular weight excluding hydrogens is 304 g/mol. The zero-order chi connectivity index (χ0) is 13.1. The van der Waals surface area contributed by atoms with Crippen LogP contribution in [0.15, 0.2) is 22.7 Å². The van der Waals surface area contributed by atoms with Crippen LogP contribution < -0.4 is 0 Å². The van der Waals surface area contributed by atoms with Gasteiger partial charge in [-0.25, -0.2) is 8.42 Å². The molecule has 0 fully saturated rings. The van der Waals surface area contributed by atoms with E-state index in [0.29, 0.717) is 12.0 Å². The highest BCUT2D eigenvalue weighted by Gasteiger charge is 2.11. The van der Waals surface area contributed by atoms with Gasteiger partial charge in [-0.2, -0.15) is 0 Å². The number of ketones is 1. The molecule has 1 aromatic rings. The zero-order valence-corrected chi connectivity index (χ0v) is 12.3. The molecule has 1 aromatic carbocycles. The van der Waals surface area contributed by atoms with E-state index in [1.54, 1.807) is 12.1 Å². The Morgan fingerprint density at radius 3 is 2.59 bits per heavy atom. The van der Waals surface area contributed by atoms with E-state index >= 15 is 0 Å². The van der Waals surface area contributed by atoms with Gasteiger partial charge in [-0.05, 0) is 25.0 Å². The molecule has 0 aliphatic carbocycles. The van der Waals surface area contributed by atoms with Crippen molar-refractivity contribution in [3.05, 3.63) is 33.8 Å². The lowest BCUT2D eigenvalue weighted by molar-refractivity contribution is 0.0981. The van der Waals surface area contributed by atoms with Crippen LogP contribution in [-0.4, -0.2) is 26.2 Å². The van der Waals surface area contributed by atoms with Gasteiger partial charge in [-0.3, -0.25) is 4.79 Å². The predicted molar refractivity (Wildman–Crippen MR) is 72.2 cm³/mol. The average Bonchev–Trinajstić information content (AvgIpc) is 2.20. The van der Waals surface area contributed by atoms with Crippen molar-refractivity contribution in [3.63, 3.8) is 0 Å². The summed E-state index contributed by atoms with van der Waals surface area (Å²) < 4.78 is 22.8. The number of Topliss-reactive ketones (excluding diaryl/α,β-unsaturated/α-hetero) is 1. The van der Waals surface area contributed by atoms with Gasteiger partial charge in [0.05, 0.1) is 5.75 Å².